The van der Waals surface area contributed by atoms with Gasteiger partial charge in [0.25, 0.3) is 0 Å². The van der Waals surface area contributed by atoms with Crippen molar-refractivity contribution < 1.29 is 4.74 Å². The van der Waals surface area contributed by atoms with Crippen LogP contribution in [0.4, 0.5) is 0 Å². The molecule has 1 atom stereocenters. The minimum absolute atomic E-state index is 0.546. The zero-order chi connectivity index (χ0) is 14.1. The van der Waals surface area contributed by atoms with E-state index in [1.807, 2.05) is 12.3 Å². The van der Waals surface area contributed by atoms with Crippen molar-refractivity contribution in [2.75, 3.05) is 13.7 Å². The Balaban J connectivity index is 2.68. The molecule has 19 heavy (non-hydrogen) atoms. The van der Waals surface area contributed by atoms with Crippen molar-refractivity contribution in [2.45, 2.75) is 52.5 Å². The van der Waals surface area contributed by atoms with Gasteiger partial charge in [0.2, 0.25) is 5.88 Å². The van der Waals surface area contributed by atoms with Crippen molar-refractivity contribution in [1.82, 2.24) is 10.3 Å². The van der Waals surface area contributed by atoms with E-state index in [0.29, 0.717) is 11.9 Å². The molecular formula is C16H28N2O. The van der Waals surface area contributed by atoms with E-state index >= 15 is 0 Å². The van der Waals surface area contributed by atoms with Gasteiger partial charge in [0.1, 0.15) is 0 Å². The number of ether oxygens (including phenoxy) is 1. The molecule has 1 unspecified atom stereocenters. The Kier molecular flexibility index (Phi) is 7.49. The molecule has 3 heteroatoms. The number of pyridine rings is 1. The van der Waals surface area contributed by atoms with E-state index in [1.165, 1.54) is 24.8 Å². The largest absolute Gasteiger partial charge is 0.481 e. The van der Waals surface area contributed by atoms with E-state index in [1.54, 1.807) is 7.11 Å². The fraction of sp³-hybridized carbons (Fsp3) is 0.688. The van der Waals surface area contributed by atoms with Crippen molar-refractivity contribution in [3.8, 4) is 5.88 Å². The third kappa shape index (κ3) is 5.19. The van der Waals surface area contributed by atoms with Gasteiger partial charge in [-0.1, -0.05) is 39.7 Å². The summed E-state index contributed by atoms with van der Waals surface area (Å²) in [6, 6.07) is 4.61. The number of nitrogens with zero attached hydrogens (tertiary/aromatic N) is 1. The first-order valence-electron chi connectivity index (χ1n) is 7.47. The van der Waals surface area contributed by atoms with Crippen LogP contribution in [0, 0.1) is 5.92 Å². The first kappa shape index (κ1) is 16.0. The minimum Gasteiger partial charge on any atom is -0.481 e. The Morgan fingerprint density at radius 3 is 2.42 bits per heavy atom. The molecule has 0 aliphatic carbocycles. The van der Waals surface area contributed by atoms with Crippen LogP contribution < -0.4 is 10.1 Å². The van der Waals surface area contributed by atoms with E-state index in [4.69, 9.17) is 4.74 Å². The first-order valence-corrected chi connectivity index (χ1v) is 7.47. The third-order valence-corrected chi connectivity index (χ3v) is 3.74. The van der Waals surface area contributed by atoms with Crippen LogP contribution >= 0.6 is 0 Å². The van der Waals surface area contributed by atoms with E-state index < -0.39 is 0 Å². The Morgan fingerprint density at radius 2 is 1.95 bits per heavy atom. The lowest BCUT2D eigenvalue weighted by atomic mass is 9.89. The number of hydrogen-bond donors (Lipinski definition) is 1. The first-order chi connectivity index (χ1) is 9.24. The van der Waals surface area contributed by atoms with Crippen LogP contribution in [-0.4, -0.2) is 24.7 Å². The fourth-order valence-corrected chi connectivity index (χ4v) is 2.50. The van der Waals surface area contributed by atoms with E-state index in [2.05, 4.69) is 37.1 Å². The normalized spacial score (nSPS) is 12.7. The maximum absolute atomic E-state index is 5.10. The number of hydrogen-bond acceptors (Lipinski definition) is 3. The molecule has 0 radical (unpaired) electrons. The van der Waals surface area contributed by atoms with Crippen LogP contribution in [-0.2, 0) is 6.42 Å². The second-order valence-electron chi connectivity index (χ2n) is 5.05. The number of aromatic nitrogens is 1. The second kappa shape index (κ2) is 8.92. The highest BCUT2D eigenvalue weighted by atomic mass is 16.5. The summed E-state index contributed by atoms with van der Waals surface area (Å²) in [5.74, 6) is 1.41. The number of methoxy groups -OCH3 is 1. The van der Waals surface area contributed by atoms with E-state index in [-0.39, 0.29) is 0 Å². The molecule has 1 N–H and O–H groups in total. The summed E-state index contributed by atoms with van der Waals surface area (Å²) in [5, 5.41) is 3.69. The molecule has 0 aliphatic rings. The highest BCUT2D eigenvalue weighted by Gasteiger charge is 2.18. The van der Waals surface area contributed by atoms with Gasteiger partial charge in [0, 0.05) is 18.3 Å². The van der Waals surface area contributed by atoms with Gasteiger partial charge in [-0.3, -0.25) is 0 Å². The number of nitrogens with one attached hydrogen (secondary N) is 1. The van der Waals surface area contributed by atoms with Gasteiger partial charge in [0.05, 0.1) is 7.11 Å². The molecule has 0 fully saturated rings. The highest BCUT2D eigenvalue weighted by Crippen LogP contribution is 2.18. The van der Waals surface area contributed by atoms with Crippen LogP contribution in [0.1, 0.15) is 45.6 Å². The molecule has 0 amide bonds. The zero-order valence-corrected chi connectivity index (χ0v) is 12.8. The Labute approximate surface area is 117 Å². The molecule has 1 rings (SSSR count). The van der Waals surface area contributed by atoms with Crippen LogP contribution in [0.25, 0.3) is 0 Å². The molecule has 3 nitrogen and oxygen atoms in total. The van der Waals surface area contributed by atoms with Gasteiger partial charge in [-0.15, -0.1) is 0 Å². The molecule has 0 aliphatic heterocycles. The average molecular weight is 264 g/mol. The molecule has 1 aromatic heterocycles. The van der Waals surface area contributed by atoms with Crippen LogP contribution in [0.3, 0.4) is 0 Å². The summed E-state index contributed by atoms with van der Waals surface area (Å²) >= 11 is 0. The minimum atomic E-state index is 0.546. The average Bonchev–Trinajstić information content (AvgIpc) is 2.46. The number of rotatable bonds is 9. The SMILES string of the molecule is CCCNC(Cc1ccc(OC)nc1)C(CC)CC. The highest BCUT2D eigenvalue weighted by molar-refractivity contribution is 5.18. The summed E-state index contributed by atoms with van der Waals surface area (Å²) in [4.78, 5) is 4.29. The van der Waals surface area contributed by atoms with Crippen molar-refractivity contribution in [2.24, 2.45) is 5.92 Å². The predicted molar refractivity (Wildman–Crippen MR) is 80.6 cm³/mol. The summed E-state index contributed by atoms with van der Waals surface area (Å²) in [7, 11) is 1.65. The topological polar surface area (TPSA) is 34.1 Å². The van der Waals surface area contributed by atoms with Gasteiger partial charge in [-0.05, 0) is 30.9 Å². The standard InChI is InChI=1S/C16H28N2O/c1-5-10-17-15(14(6-2)7-3)11-13-8-9-16(19-4)18-12-13/h8-9,12,14-15,17H,5-7,10-11H2,1-4H3. The quantitative estimate of drug-likeness (QED) is 0.742. The summed E-state index contributed by atoms with van der Waals surface area (Å²) in [6.07, 6.45) is 6.60. The molecule has 0 spiro atoms. The molecule has 1 heterocycles. The smallest absolute Gasteiger partial charge is 0.212 e. The molecule has 0 saturated heterocycles. The summed E-state index contributed by atoms with van der Waals surface area (Å²) in [5.41, 5.74) is 1.28. The maximum Gasteiger partial charge on any atom is 0.212 e. The van der Waals surface area contributed by atoms with Crippen molar-refractivity contribution in [3.63, 3.8) is 0 Å². The van der Waals surface area contributed by atoms with Crippen LogP contribution in [0.5, 0.6) is 5.88 Å². The lowest BCUT2D eigenvalue weighted by molar-refractivity contribution is 0.331. The molecule has 0 aromatic carbocycles. The predicted octanol–water partition coefficient (Wildman–Crippen LogP) is 3.44. The summed E-state index contributed by atoms with van der Waals surface area (Å²) in [6.45, 7) is 7.86. The van der Waals surface area contributed by atoms with Crippen LogP contribution in [0.2, 0.25) is 0 Å². The molecule has 108 valence electrons. The monoisotopic (exact) mass is 264 g/mol. The van der Waals surface area contributed by atoms with Gasteiger partial charge < -0.3 is 10.1 Å². The molecule has 1 aromatic rings. The lowest BCUT2D eigenvalue weighted by Gasteiger charge is -2.26. The van der Waals surface area contributed by atoms with Gasteiger partial charge >= 0.3 is 0 Å². The van der Waals surface area contributed by atoms with Crippen molar-refractivity contribution in [1.29, 1.82) is 0 Å². The Bertz CT molecular complexity index is 333. The summed E-state index contributed by atoms with van der Waals surface area (Å²) < 4.78 is 5.10. The van der Waals surface area contributed by atoms with Crippen molar-refractivity contribution in [3.05, 3.63) is 23.9 Å². The fourth-order valence-electron chi connectivity index (χ4n) is 2.50. The second-order valence-corrected chi connectivity index (χ2v) is 5.05. The van der Waals surface area contributed by atoms with Gasteiger partial charge in [0.15, 0.2) is 0 Å². The van der Waals surface area contributed by atoms with E-state index in [9.17, 15) is 0 Å². The maximum atomic E-state index is 5.10. The van der Waals surface area contributed by atoms with E-state index in [0.717, 1.165) is 18.9 Å². The zero-order valence-electron chi connectivity index (χ0n) is 12.8. The van der Waals surface area contributed by atoms with Crippen molar-refractivity contribution >= 4 is 0 Å². The molecule has 0 saturated carbocycles. The van der Waals surface area contributed by atoms with Gasteiger partial charge in [-0.25, -0.2) is 4.98 Å². The molecular weight excluding hydrogens is 236 g/mol. The Morgan fingerprint density at radius 1 is 1.21 bits per heavy atom. The lowest BCUT2D eigenvalue weighted by Crippen LogP contribution is -2.38. The Hall–Kier alpha value is -1.09. The van der Waals surface area contributed by atoms with Gasteiger partial charge in [-0.2, -0.15) is 0 Å². The third-order valence-electron chi connectivity index (χ3n) is 3.74. The molecule has 0 bridgehead atoms. The van der Waals surface area contributed by atoms with Crippen LogP contribution in [0.15, 0.2) is 18.3 Å².